The summed E-state index contributed by atoms with van der Waals surface area (Å²) < 4.78 is 32.7. The maximum atomic E-state index is 13.7. The molecule has 2 amide bonds. The Hall–Kier alpha value is -2.59. The predicted octanol–water partition coefficient (Wildman–Crippen LogP) is 4.09. The fraction of sp³-hybridized carbons (Fsp3) is 0.462. The highest BCUT2D eigenvalue weighted by Gasteiger charge is 2.32. The number of nitrogens with one attached hydrogen (secondary N) is 1. The third-order valence-electron chi connectivity index (χ3n) is 6.39. The quantitative estimate of drug-likeness (QED) is 0.457. The van der Waals surface area contributed by atoms with E-state index in [9.17, 15) is 18.0 Å². The van der Waals surface area contributed by atoms with Gasteiger partial charge < -0.3 is 15.0 Å². The molecular formula is C26H34BrN3O5S. The number of ether oxygens (including phenoxy) is 1. The summed E-state index contributed by atoms with van der Waals surface area (Å²) in [5.41, 5.74) is 1.08. The number of rotatable bonds is 10. The lowest BCUT2D eigenvalue weighted by molar-refractivity contribution is -0.139. The minimum atomic E-state index is -3.83. The van der Waals surface area contributed by atoms with Gasteiger partial charge in [0.1, 0.15) is 18.3 Å². The van der Waals surface area contributed by atoms with E-state index in [-0.39, 0.29) is 24.2 Å². The Morgan fingerprint density at radius 2 is 1.81 bits per heavy atom. The van der Waals surface area contributed by atoms with Gasteiger partial charge in [-0.2, -0.15) is 0 Å². The summed E-state index contributed by atoms with van der Waals surface area (Å²) in [5.74, 6) is -0.400. The summed E-state index contributed by atoms with van der Waals surface area (Å²) in [6, 6.07) is 13.4. The summed E-state index contributed by atoms with van der Waals surface area (Å²) >= 11 is 3.45. The van der Waals surface area contributed by atoms with Gasteiger partial charge in [-0.05, 0) is 49.6 Å². The first kappa shape index (κ1) is 28.0. The van der Waals surface area contributed by atoms with Crippen molar-refractivity contribution in [3.05, 3.63) is 58.6 Å². The lowest BCUT2D eigenvalue weighted by Crippen LogP contribution is -2.53. The van der Waals surface area contributed by atoms with E-state index < -0.39 is 28.5 Å². The average Bonchev–Trinajstić information content (AvgIpc) is 2.85. The predicted molar refractivity (Wildman–Crippen MR) is 144 cm³/mol. The summed E-state index contributed by atoms with van der Waals surface area (Å²) in [7, 11) is -2.39. The Labute approximate surface area is 222 Å². The average molecular weight is 581 g/mol. The summed E-state index contributed by atoms with van der Waals surface area (Å²) in [6.07, 6.45) is 6.20. The van der Waals surface area contributed by atoms with Crippen molar-refractivity contribution >= 4 is 43.5 Å². The van der Waals surface area contributed by atoms with E-state index in [0.717, 1.165) is 46.3 Å². The molecule has 1 fully saturated rings. The first-order valence-electron chi connectivity index (χ1n) is 12.0. The third-order valence-corrected chi connectivity index (χ3v) is 8.01. The van der Waals surface area contributed by atoms with Crippen molar-refractivity contribution < 1.29 is 22.7 Å². The van der Waals surface area contributed by atoms with Gasteiger partial charge in [0.2, 0.25) is 21.8 Å². The van der Waals surface area contributed by atoms with Gasteiger partial charge in [0.05, 0.1) is 19.1 Å². The molecule has 0 bridgehead atoms. The molecule has 36 heavy (non-hydrogen) atoms. The molecule has 196 valence electrons. The van der Waals surface area contributed by atoms with Crippen LogP contribution in [-0.2, 0) is 26.2 Å². The molecule has 0 saturated heterocycles. The first-order chi connectivity index (χ1) is 17.1. The Bertz CT molecular complexity index is 1170. The van der Waals surface area contributed by atoms with Crippen LogP contribution in [0.3, 0.4) is 0 Å². The number of anilines is 1. The zero-order valence-corrected chi connectivity index (χ0v) is 23.3. The van der Waals surface area contributed by atoms with Crippen LogP contribution in [0.2, 0.25) is 0 Å². The maximum Gasteiger partial charge on any atom is 0.244 e. The molecule has 1 aliphatic carbocycles. The second-order valence-corrected chi connectivity index (χ2v) is 11.9. The van der Waals surface area contributed by atoms with Crippen LogP contribution in [0.15, 0.2) is 53.0 Å². The fourth-order valence-corrected chi connectivity index (χ4v) is 5.71. The van der Waals surface area contributed by atoms with E-state index in [0.29, 0.717) is 5.75 Å². The molecule has 0 heterocycles. The van der Waals surface area contributed by atoms with Crippen LogP contribution in [0.5, 0.6) is 5.75 Å². The Morgan fingerprint density at radius 1 is 1.11 bits per heavy atom. The lowest BCUT2D eigenvalue weighted by atomic mass is 9.95. The molecule has 2 aromatic rings. The molecular weight excluding hydrogens is 546 g/mol. The van der Waals surface area contributed by atoms with E-state index in [2.05, 4.69) is 21.2 Å². The minimum Gasteiger partial charge on any atom is -0.495 e. The van der Waals surface area contributed by atoms with Crippen LogP contribution < -0.4 is 14.4 Å². The van der Waals surface area contributed by atoms with E-state index in [1.54, 1.807) is 31.2 Å². The third kappa shape index (κ3) is 7.46. The number of carbonyl (C=O) groups excluding carboxylic acids is 2. The van der Waals surface area contributed by atoms with Crippen LogP contribution in [0.1, 0.15) is 44.6 Å². The molecule has 8 nitrogen and oxygen atoms in total. The Morgan fingerprint density at radius 3 is 2.44 bits per heavy atom. The second-order valence-electron chi connectivity index (χ2n) is 9.11. The van der Waals surface area contributed by atoms with E-state index in [4.69, 9.17) is 4.74 Å². The molecule has 0 aliphatic heterocycles. The number of para-hydroxylation sites is 2. The zero-order valence-electron chi connectivity index (χ0n) is 20.9. The maximum absolute atomic E-state index is 13.7. The van der Waals surface area contributed by atoms with E-state index >= 15 is 0 Å². The van der Waals surface area contributed by atoms with Crippen LogP contribution >= 0.6 is 15.9 Å². The number of nitrogens with zero attached hydrogens (tertiary/aromatic N) is 2. The van der Waals surface area contributed by atoms with Crippen LogP contribution in [0.4, 0.5) is 5.69 Å². The van der Waals surface area contributed by atoms with Gasteiger partial charge in [-0.25, -0.2) is 8.42 Å². The molecule has 10 heteroatoms. The van der Waals surface area contributed by atoms with Gasteiger partial charge in [0.15, 0.2) is 0 Å². The Kier molecular flexibility index (Phi) is 9.78. The summed E-state index contributed by atoms with van der Waals surface area (Å²) in [5, 5.41) is 3.09. The smallest absolute Gasteiger partial charge is 0.244 e. The summed E-state index contributed by atoms with van der Waals surface area (Å²) in [4.78, 5) is 28.3. The summed E-state index contributed by atoms with van der Waals surface area (Å²) in [6.45, 7) is 1.37. The fourth-order valence-electron chi connectivity index (χ4n) is 4.41. The van der Waals surface area contributed by atoms with Crippen LogP contribution in [0, 0.1) is 0 Å². The van der Waals surface area contributed by atoms with Gasteiger partial charge in [0, 0.05) is 17.1 Å². The molecule has 1 aliphatic rings. The topological polar surface area (TPSA) is 96.0 Å². The number of hydrogen-bond donors (Lipinski definition) is 1. The molecule has 1 N–H and O–H groups in total. The number of carbonyl (C=O) groups is 2. The van der Waals surface area contributed by atoms with Crippen molar-refractivity contribution in [2.75, 3.05) is 24.2 Å². The molecule has 0 radical (unpaired) electrons. The van der Waals surface area contributed by atoms with Gasteiger partial charge in [0.25, 0.3) is 0 Å². The molecule has 1 saturated carbocycles. The van der Waals surface area contributed by atoms with Crippen LogP contribution in [0.25, 0.3) is 0 Å². The minimum absolute atomic E-state index is 0.0950. The molecule has 0 aromatic heterocycles. The van der Waals surface area contributed by atoms with Crippen molar-refractivity contribution in [1.29, 1.82) is 0 Å². The van der Waals surface area contributed by atoms with Crippen LogP contribution in [-0.4, -0.2) is 57.1 Å². The number of amides is 2. The molecule has 0 spiro atoms. The van der Waals surface area contributed by atoms with Crippen molar-refractivity contribution in [2.45, 2.75) is 57.7 Å². The van der Waals surface area contributed by atoms with Crippen molar-refractivity contribution in [2.24, 2.45) is 0 Å². The van der Waals surface area contributed by atoms with E-state index in [1.807, 2.05) is 24.3 Å². The molecule has 1 atom stereocenters. The van der Waals surface area contributed by atoms with Gasteiger partial charge in [-0.1, -0.05) is 59.5 Å². The number of halogens is 1. The second kappa shape index (κ2) is 12.6. The van der Waals surface area contributed by atoms with Crippen molar-refractivity contribution in [1.82, 2.24) is 10.2 Å². The lowest BCUT2D eigenvalue weighted by Gasteiger charge is -2.33. The normalized spacial score (nSPS) is 15.1. The van der Waals surface area contributed by atoms with E-state index in [1.165, 1.54) is 18.4 Å². The highest BCUT2D eigenvalue weighted by molar-refractivity contribution is 9.10. The highest BCUT2D eigenvalue weighted by Crippen LogP contribution is 2.30. The molecule has 3 rings (SSSR count). The highest BCUT2D eigenvalue weighted by atomic mass is 79.9. The van der Waals surface area contributed by atoms with Gasteiger partial charge in [-0.15, -0.1) is 0 Å². The largest absolute Gasteiger partial charge is 0.495 e. The SMILES string of the molecule is COc1ccccc1N(CC(=O)N(Cc1cccc(Br)c1)C(C)C(=O)NC1CCCCC1)S(C)(=O)=O. The number of hydrogen-bond acceptors (Lipinski definition) is 5. The standard InChI is InChI=1S/C26H34BrN3O5S/c1-19(26(32)28-22-12-5-4-6-13-22)29(17-20-10-9-11-21(27)16-20)25(31)18-30(36(3,33)34)23-14-7-8-15-24(23)35-2/h7-11,14-16,19,22H,4-6,12-13,17-18H2,1-3H3,(H,28,32). The van der Waals surface area contributed by atoms with Crippen molar-refractivity contribution in [3.63, 3.8) is 0 Å². The number of benzene rings is 2. The van der Waals surface area contributed by atoms with Gasteiger partial charge in [-0.3, -0.25) is 13.9 Å². The van der Waals surface area contributed by atoms with Gasteiger partial charge >= 0.3 is 0 Å². The molecule has 2 aromatic carbocycles. The molecule has 1 unspecified atom stereocenters. The number of methoxy groups -OCH3 is 1. The number of sulfonamides is 1. The Balaban J connectivity index is 1.89. The zero-order chi connectivity index (χ0) is 26.3. The monoisotopic (exact) mass is 579 g/mol. The first-order valence-corrected chi connectivity index (χ1v) is 14.7. The van der Waals surface area contributed by atoms with Crippen molar-refractivity contribution in [3.8, 4) is 5.75 Å².